The van der Waals surface area contributed by atoms with E-state index in [9.17, 15) is 0 Å². The van der Waals surface area contributed by atoms with Gasteiger partial charge in [0.15, 0.2) is 0 Å². The van der Waals surface area contributed by atoms with Crippen LogP contribution in [0.2, 0.25) is 0 Å². The summed E-state index contributed by atoms with van der Waals surface area (Å²) in [6, 6.07) is 11.9. The number of ether oxygens (including phenoxy) is 4. The molecule has 0 aliphatic rings. The number of nitrogens with one attached hydrogen (secondary N) is 2. The summed E-state index contributed by atoms with van der Waals surface area (Å²) in [7, 11) is 6.69. The lowest BCUT2D eigenvalue weighted by molar-refractivity contribution is 0.373. The van der Waals surface area contributed by atoms with Crippen LogP contribution in [0.25, 0.3) is 0 Å². The Kier molecular flexibility index (Phi) is 13.2. The normalized spacial score (nSPS) is 10.7. The highest BCUT2D eigenvalue weighted by molar-refractivity contribution is 5.53. The molecule has 33 heavy (non-hydrogen) atoms. The molecule has 2 aromatic rings. The smallest absolute Gasteiger partial charge is 0.124 e. The van der Waals surface area contributed by atoms with Gasteiger partial charge in [-0.1, -0.05) is 26.7 Å². The van der Waals surface area contributed by atoms with Crippen LogP contribution in [0.5, 0.6) is 23.0 Å². The summed E-state index contributed by atoms with van der Waals surface area (Å²) in [6.45, 7) is 10.3. The fourth-order valence-corrected chi connectivity index (χ4v) is 3.42. The predicted octanol–water partition coefficient (Wildman–Crippen LogP) is 6.24. The highest BCUT2D eigenvalue weighted by Crippen LogP contribution is 2.29. The van der Waals surface area contributed by atoms with Crippen molar-refractivity contribution in [3.63, 3.8) is 0 Å². The molecule has 0 unspecified atom stereocenters. The molecule has 6 nitrogen and oxygen atoms in total. The van der Waals surface area contributed by atoms with E-state index < -0.39 is 0 Å². The van der Waals surface area contributed by atoms with E-state index >= 15 is 0 Å². The fraction of sp³-hybridized carbons (Fsp3) is 0.556. The first-order valence-electron chi connectivity index (χ1n) is 11.9. The summed E-state index contributed by atoms with van der Waals surface area (Å²) < 4.78 is 21.4. The zero-order valence-corrected chi connectivity index (χ0v) is 21.8. The zero-order chi connectivity index (χ0) is 24.7. The number of hydrogen-bond acceptors (Lipinski definition) is 6. The Balaban J connectivity index is 0.00000265. The summed E-state index contributed by atoms with van der Waals surface area (Å²) in [5.41, 5.74) is 2.02. The van der Waals surface area contributed by atoms with Crippen molar-refractivity contribution in [1.82, 2.24) is 5.32 Å². The van der Waals surface area contributed by atoms with Gasteiger partial charge >= 0.3 is 0 Å². The molecule has 0 saturated carbocycles. The largest absolute Gasteiger partial charge is 0.497 e. The first-order valence-corrected chi connectivity index (χ1v) is 11.9. The molecule has 0 saturated heterocycles. The summed E-state index contributed by atoms with van der Waals surface area (Å²) in [6.07, 6.45) is 4.63. The molecule has 2 aromatic carbocycles. The first-order chi connectivity index (χ1) is 15.9. The number of anilines is 1. The van der Waals surface area contributed by atoms with Crippen LogP contribution < -0.4 is 29.6 Å². The standard InChI is InChI=1S/C25H38N2O4.C2H6/c1-25(2,19-13-21(28-3)17-22(14-19)29-4)27-12-10-8-7-9-11-26-20-15-23(30-5)18-24(16-20)31-6;1-2/h13-18,26-27H,7-12H2,1-6H3;1-2H3. The van der Waals surface area contributed by atoms with Crippen LogP contribution >= 0.6 is 0 Å². The fourth-order valence-electron chi connectivity index (χ4n) is 3.42. The highest BCUT2D eigenvalue weighted by Gasteiger charge is 2.21. The molecule has 0 spiro atoms. The van der Waals surface area contributed by atoms with Crippen molar-refractivity contribution in [2.75, 3.05) is 46.8 Å². The third-order valence-corrected chi connectivity index (χ3v) is 5.42. The van der Waals surface area contributed by atoms with Gasteiger partial charge in [0.1, 0.15) is 23.0 Å². The Morgan fingerprint density at radius 2 is 1.03 bits per heavy atom. The maximum Gasteiger partial charge on any atom is 0.124 e. The van der Waals surface area contributed by atoms with Gasteiger partial charge in [0.2, 0.25) is 0 Å². The van der Waals surface area contributed by atoms with Crippen molar-refractivity contribution < 1.29 is 18.9 Å². The minimum absolute atomic E-state index is 0.158. The van der Waals surface area contributed by atoms with Crippen molar-refractivity contribution in [3.05, 3.63) is 42.0 Å². The lowest BCUT2D eigenvalue weighted by atomic mass is 9.93. The van der Waals surface area contributed by atoms with Crippen LogP contribution in [0.1, 0.15) is 58.9 Å². The quantitative estimate of drug-likeness (QED) is 0.325. The second kappa shape index (κ2) is 15.3. The monoisotopic (exact) mass is 460 g/mol. The first kappa shape index (κ1) is 28.4. The van der Waals surface area contributed by atoms with Crippen LogP contribution in [0, 0.1) is 0 Å². The van der Waals surface area contributed by atoms with Gasteiger partial charge in [-0.3, -0.25) is 0 Å². The van der Waals surface area contributed by atoms with Crippen LogP contribution in [-0.4, -0.2) is 41.5 Å². The lowest BCUT2D eigenvalue weighted by Gasteiger charge is -2.28. The average Bonchev–Trinajstić information content (AvgIpc) is 2.86. The van der Waals surface area contributed by atoms with Crippen molar-refractivity contribution in [1.29, 1.82) is 0 Å². The number of methoxy groups -OCH3 is 4. The van der Waals surface area contributed by atoms with Gasteiger partial charge in [-0.15, -0.1) is 0 Å². The van der Waals surface area contributed by atoms with Crippen molar-refractivity contribution in [3.8, 4) is 23.0 Å². The minimum atomic E-state index is -0.158. The van der Waals surface area contributed by atoms with Gasteiger partial charge < -0.3 is 29.6 Å². The summed E-state index contributed by atoms with van der Waals surface area (Å²) in [4.78, 5) is 0. The maximum absolute atomic E-state index is 5.40. The second-order valence-corrected chi connectivity index (χ2v) is 8.10. The third kappa shape index (κ3) is 9.82. The zero-order valence-electron chi connectivity index (χ0n) is 21.8. The van der Waals surface area contributed by atoms with E-state index in [2.05, 4.69) is 36.6 Å². The van der Waals surface area contributed by atoms with E-state index in [0.717, 1.165) is 60.2 Å². The summed E-state index contributed by atoms with van der Waals surface area (Å²) in [5, 5.41) is 7.12. The molecule has 2 N–H and O–H groups in total. The Morgan fingerprint density at radius 3 is 1.48 bits per heavy atom. The van der Waals surface area contributed by atoms with Crippen LogP contribution in [0.15, 0.2) is 36.4 Å². The van der Waals surface area contributed by atoms with Crippen LogP contribution in [0.3, 0.4) is 0 Å². The summed E-state index contributed by atoms with van der Waals surface area (Å²) >= 11 is 0. The average molecular weight is 461 g/mol. The molecule has 0 heterocycles. The van der Waals surface area contributed by atoms with Gasteiger partial charge in [0, 0.05) is 42.0 Å². The molecular weight excluding hydrogens is 416 g/mol. The Morgan fingerprint density at radius 1 is 0.606 bits per heavy atom. The summed E-state index contributed by atoms with van der Waals surface area (Å²) in [5.74, 6) is 3.21. The number of unbranched alkanes of at least 4 members (excludes halogenated alkanes) is 3. The Hall–Kier alpha value is -2.60. The predicted molar refractivity (Wildman–Crippen MR) is 138 cm³/mol. The molecule has 0 aliphatic carbocycles. The van der Waals surface area contributed by atoms with Crippen LogP contribution in [0.4, 0.5) is 5.69 Å². The minimum Gasteiger partial charge on any atom is -0.497 e. The second-order valence-electron chi connectivity index (χ2n) is 8.10. The molecule has 0 aliphatic heterocycles. The molecule has 2 rings (SSSR count). The van der Waals surface area contributed by atoms with Crippen molar-refractivity contribution in [2.24, 2.45) is 0 Å². The Labute approximate surface area is 201 Å². The molecule has 0 bridgehead atoms. The van der Waals surface area contributed by atoms with Crippen molar-refractivity contribution in [2.45, 2.75) is 58.9 Å². The molecular formula is C27H44N2O4. The molecule has 0 amide bonds. The van der Waals surface area contributed by atoms with Gasteiger partial charge in [-0.05, 0) is 50.9 Å². The van der Waals surface area contributed by atoms with Gasteiger partial charge in [-0.2, -0.15) is 0 Å². The van der Waals surface area contributed by atoms with E-state index in [4.69, 9.17) is 18.9 Å². The van der Waals surface area contributed by atoms with E-state index in [0.29, 0.717) is 0 Å². The number of rotatable bonds is 14. The lowest BCUT2D eigenvalue weighted by Crippen LogP contribution is -2.37. The SMILES string of the molecule is CC.COc1cc(NCCCCCCNC(C)(C)c2cc(OC)cc(OC)c2)cc(OC)c1. The number of benzene rings is 2. The van der Waals surface area contributed by atoms with E-state index in [1.807, 2.05) is 38.1 Å². The number of hydrogen-bond donors (Lipinski definition) is 2. The molecule has 186 valence electrons. The molecule has 0 radical (unpaired) electrons. The van der Waals surface area contributed by atoms with Gasteiger partial charge in [0.25, 0.3) is 0 Å². The van der Waals surface area contributed by atoms with Crippen molar-refractivity contribution >= 4 is 5.69 Å². The molecule has 0 fully saturated rings. The topological polar surface area (TPSA) is 61.0 Å². The van der Waals surface area contributed by atoms with E-state index in [1.54, 1.807) is 28.4 Å². The third-order valence-electron chi connectivity index (χ3n) is 5.42. The van der Waals surface area contributed by atoms with Crippen LogP contribution in [-0.2, 0) is 5.54 Å². The van der Waals surface area contributed by atoms with E-state index in [-0.39, 0.29) is 5.54 Å². The molecule has 6 heteroatoms. The molecule has 0 atom stereocenters. The molecule has 0 aromatic heterocycles. The Bertz CT molecular complexity index is 764. The maximum atomic E-state index is 5.40. The highest BCUT2D eigenvalue weighted by atomic mass is 16.5. The van der Waals surface area contributed by atoms with Gasteiger partial charge in [-0.25, -0.2) is 0 Å². The van der Waals surface area contributed by atoms with Gasteiger partial charge in [0.05, 0.1) is 28.4 Å². The van der Waals surface area contributed by atoms with E-state index in [1.165, 1.54) is 12.8 Å².